The lowest BCUT2D eigenvalue weighted by Crippen LogP contribution is -2.08. The van der Waals surface area contributed by atoms with Crippen LogP contribution in [0.3, 0.4) is 0 Å². The maximum atomic E-state index is 4.10. The third-order valence-electron chi connectivity index (χ3n) is 0.951. The molecule has 0 aromatic heterocycles. The lowest BCUT2D eigenvalue weighted by Gasteiger charge is -2.12. The van der Waals surface area contributed by atoms with Gasteiger partial charge in [0, 0.05) is 21.1 Å². The summed E-state index contributed by atoms with van der Waals surface area (Å²) in [6, 6.07) is 0. The average molecular weight is 490 g/mol. The molecule has 0 fully saturated rings. The second kappa shape index (κ2) is 5.95. The Morgan fingerprint density at radius 2 is 1.64 bits per heavy atom. The Labute approximate surface area is 108 Å². The quantitative estimate of drug-likeness (QED) is 0.331. The van der Waals surface area contributed by atoms with Gasteiger partial charge in [0.1, 0.15) is 3.72 Å². The van der Waals surface area contributed by atoms with Crippen molar-refractivity contribution in [2.45, 2.75) is 0 Å². The van der Waals surface area contributed by atoms with Gasteiger partial charge in [-0.2, -0.15) is 0 Å². The van der Waals surface area contributed by atoms with Crippen molar-refractivity contribution in [3.63, 3.8) is 0 Å². The van der Waals surface area contributed by atoms with Crippen molar-refractivity contribution < 1.29 is 0 Å². The fourth-order valence-corrected chi connectivity index (χ4v) is 2.13. The van der Waals surface area contributed by atoms with Gasteiger partial charge in [0.25, 0.3) is 0 Å². The van der Waals surface area contributed by atoms with Gasteiger partial charge in [-0.3, -0.25) is 4.99 Å². The van der Waals surface area contributed by atoms with Gasteiger partial charge in [-0.1, -0.05) is 0 Å². The van der Waals surface area contributed by atoms with Crippen LogP contribution >= 0.6 is 67.8 Å². The van der Waals surface area contributed by atoms with Gasteiger partial charge in [0.2, 0.25) is 0 Å². The number of hydrogen-bond acceptors (Lipinski definition) is 2. The van der Waals surface area contributed by atoms with E-state index >= 15 is 0 Å². The third kappa shape index (κ3) is 4.25. The summed E-state index contributed by atoms with van der Waals surface area (Å²) in [6.07, 6.45) is 0. The van der Waals surface area contributed by atoms with Crippen LogP contribution in [0.1, 0.15) is 0 Å². The standard InChI is InChI=1S/C6H9I3N2/c1-10-5(8)4(7)6(9)11(2)3/h1-3H3/b6-4+,10-5+. The minimum absolute atomic E-state index is 1.06. The van der Waals surface area contributed by atoms with Gasteiger partial charge in [-0.15, -0.1) is 0 Å². The molecule has 0 aliphatic rings. The van der Waals surface area contributed by atoms with Crippen molar-refractivity contribution in [3.8, 4) is 0 Å². The van der Waals surface area contributed by atoms with Crippen molar-refractivity contribution in [1.29, 1.82) is 0 Å². The lowest BCUT2D eigenvalue weighted by atomic mass is 10.6. The van der Waals surface area contributed by atoms with Gasteiger partial charge < -0.3 is 4.90 Å². The SMILES string of the molecule is C/N=C(I)\C(I)=C(\I)N(C)C. The molecule has 0 saturated carbocycles. The average Bonchev–Trinajstić information content (AvgIpc) is 2.00. The van der Waals surface area contributed by atoms with Gasteiger partial charge in [-0.25, -0.2) is 0 Å². The zero-order chi connectivity index (χ0) is 9.02. The summed E-state index contributed by atoms with van der Waals surface area (Å²) in [6.45, 7) is 0. The maximum absolute atomic E-state index is 4.10. The molecule has 0 bridgehead atoms. The number of nitrogens with zero attached hydrogens (tertiary/aromatic N) is 2. The van der Waals surface area contributed by atoms with E-state index in [2.05, 4.69) is 77.7 Å². The van der Waals surface area contributed by atoms with Crippen molar-refractivity contribution >= 4 is 71.5 Å². The molecule has 0 heterocycles. The van der Waals surface area contributed by atoms with E-state index in [1.807, 2.05) is 14.1 Å². The highest BCUT2D eigenvalue weighted by atomic mass is 127. The summed E-state index contributed by atoms with van der Waals surface area (Å²) in [5, 5.41) is 0. The molecule has 0 aliphatic heterocycles. The summed E-state index contributed by atoms with van der Waals surface area (Å²) >= 11 is 6.84. The highest BCUT2D eigenvalue weighted by Crippen LogP contribution is 2.24. The molecule has 0 spiro atoms. The first-order chi connectivity index (χ1) is 5.00. The Hall–Kier alpha value is 1.40. The molecule has 64 valence electrons. The fourth-order valence-electron chi connectivity index (χ4n) is 0.380. The Bertz CT molecular complexity index is 196. The summed E-state index contributed by atoms with van der Waals surface area (Å²) in [7, 11) is 5.86. The first kappa shape index (κ1) is 12.4. The minimum Gasteiger partial charge on any atom is -0.372 e. The molecule has 11 heavy (non-hydrogen) atoms. The number of allylic oxidation sites excluding steroid dienone is 1. The smallest absolute Gasteiger partial charge is 0.111 e. The van der Waals surface area contributed by atoms with Crippen LogP contribution in [0.25, 0.3) is 0 Å². The summed E-state index contributed by atoms with van der Waals surface area (Å²) in [5.74, 6) is 0. The van der Waals surface area contributed by atoms with E-state index in [0.29, 0.717) is 0 Å². The lowest BCUT2D eigenvalue weighted by molar-refractivity contribution is 0.558. The van der Waals surface area contributed by atoms with Crippen LogP contribution in [-0.2, 0) is 0 Å². The second-order valence-electron chi connectivity index (χ2n) is 2.01. The number of rotatable bonds is 2. The Morgan fingerprint density at radius 3 is 1.91 bits per heavy atom. The van der Waals surface area contributed by atoms with Crippen LogP contribution in [-0.4, -0.2) is 29.8 Å². The number of halogens is 3. The van der Waals surface area contributed by atoms with Gasteiger partial charge >= 0.3 is 0 Å². The van der Waals surface area contributed by atoms with E-state index in [1.165, 1.54) is 7.28 Å². The first-order valence-electron chi connectivity index (χ1n) is 2.86. The summed E-state index contributed by atoms with van der Waals surface area (Å²) in [5.41, 5.74) is 0. The second-order valence-corrected chi connectivity index (χ2v) is 5.14. The van der Waals surface area contributed by atoms with E-state index in [4.69, 9.17) is 0 Å². The Balaban J connectivity index is 4.67. The maximum Gasteiger partial charge on any atom is 0.111 e. The third-order valence-corrected chi connectivity index (χ3v) is 6.56. The highest BCUT2D eigenvalue weighted by Gasteiger charge is 2.05. The first-order valence-corrected chi connectivity index (χ1v) is 6.09. The van der Waals surface area contributed by atoms with Crippen molar-refractivity contribution in [2.24, 2.45) is 4.99 Å². The molecule has 0 N–H and O–H groups in total. The Kier molecular flexibility index (Phi) is 6.70. The fraction of sp³-hybridized carbons (Fsp3) is 0.500. The number of hydrogen-bond donors (Lipinski definition) is 0. The monoisotopic (exact) mass is 490 g/mol. The zero-order valence-electron chi connectivity index (χ0n) is 6.53. The van der Waals surface area contributed by atoms with Crippen LogP contribution in [0.5, 0.6) is 0 Å². The predicted molar refractivity (Wildman–Crippen MR) is 76.1 cm³/mol. The molecule has 5 heteroatoms. The normalized spacial score (nSPS) is 14.5. The topological polar surface area (TPSA) is 15.6 Å². The zero-order valence-corrected chi connectivity index (χ0v) is 13.0. The van der Waals surface area contributed by atoms with E-state index in [-0.39, 0.29) is 0 Å². The largest absolute Gasteiger partial charge is 0.372 e. The van der Waals surface area contributed by atoms with Gasteiger partial charge in [0.05, 0.1) is 7.28 Å². The molecule has 2 nitrogen and oxygen atoms in total. The van der Waals surface area contributed by atoms with Crippen molar-refractivity contribution in [2.75, 3.05) is 21.1 Å². The molecule has 0 aliphatic carbocycles. The van der Waals surface area contributed by atoms with E-state index in [0.717, 1.165) is 3.72 Å². The molecule has 0 atom stereocenters. The van der Waals surface area contributed by atoms with Crippen molar-refractivity contribution in [1.82, 2.24) is 4.90 Å². The van der Waals surface area contributed by atoms with Gasteiger partial charge in [-0.05, 0) is 67.8 Å². The van der Waals surface area contributed by atoms with Crippen LogP contribution in [0, 0.1) is 0 Å². The molecule has 0 radical (unpaired) electrons. The van der Waals surface area contributed by atoms with Crippen LogP contribution in [0.4, 0.5) is 0 Å². The molecule has 0 saturated heterocycles. The predicted octanol–water partition coefficient (Wildman–Crippen LogP) is 3.05. The minimum atomic E-state index is 1.06. The van der Waals surface area contributed by atoms with Crippen molar-refractivity contribution in [3.05, 3.63) is 7.28 Å². The van der Waals surface area contributed by atoms with E-state index in [1.54, 1.807) is 7.05 Å². The van der Waals surface area contributed by atoms with Crippen LogP contribution in [0.2, 0.25) is 0 Å². The molecule has 0 unspecified atom stereocenters. The summed E-state index contributed by atoms with van der Waals surface area (Å²) in [4.78, 5) is 6.17. The molecular weight excluding hydrogens is 481 g/mol. The van der Waals surface area contributed by atoms with E-state index in [9.17, 15) is 0 Å². The Morgan fingerprint density at radius 1 is 1.18 bits per heavy atom. The molecular formula is C6H9I3N2. The van der Waals surface area contributed by atoms with E-state index < -0.39 is 0 Å². The molecule has 0 aromatic carbocycles. The van der Waals surface area contributed by atoms with Crippen LogP contribution < -0.4 is 0 Å². The highest BCUT2D eigenvalue weighted by molar-refractivity contribution is 14.1. The summed E-state index contributed by atoms with van der Waals surface area (Å²) < 4.78 is 3.48. The van der Waals surface area contributed by atoms with Gasteiger partial charge in [0.15, 0.2) is 0 Å². The molecule has 0 amide bonds. The molecule has 0 rings (SSSR count). The molecule has 0 aromatic rings. The van der Waals surface area contributed by atoms with Crippen LogP contribution in [0.15, 0.2) is 12.3 Å². The number of aliphatic imine (C=N–C) groups is 1.